The highest BCUT2D eigenvalue weighted by Gasteiger charge is 2.13. The van der Waals surface area contributed by atoms with Crippen molar-refractivity contribution in [2.24, 2.45) is 0 Å². The third kappa shape index (κ3) is 3.86. The maximum absolute atomic E-state index is 11.4. The topological polar surface area (TPSA) is 38.3 Å². The molecule has 3 nitrogen and oxygen atoms in total. The zero-order chi connectivity index (χ0) is 12.8. The van der Waals surface area contributed by atoms with E-state index in [1.807, 2.05) is 19.9 Å². The van der Waals surface area contributed by atoms with Crippen LogP contribution in [0.4, 0.5) is 0 Å². The van der Waals surface area contributed by atoms with E-state index in [1.54, 1.807) is 0 Å². The molecule has 0 bridgehead atoms. The summed E-state index contributed by atoms with van der Waals surface area (Å²) in [6, 6.07) is 5.94. The van der Waals surface area contributed by atoms with Gasteiger partial charge in [-0.05, 0) is 44.4 Å². The standard InChI is InChI=1S/C14H21NO2/c1-5-17-14(16)12(4)15-9-13-10(2)7-6-8-11(13)3/h6-8,12,15H,5,9H2,1-4H3. The second-order valence-corrected chi connectivity index (χ2v) is 4.22. The second kappa shape index (κ2) is 6.40. The van der Waals surface area contributed by atoms with Crippen molar-refractivity contribution in [2.45, 2.75) is 40.3 Å². The van der Waals surface area contributed by atoms with Crippen molar-refractivity contribution in [1.82, 2.24) is 5.32 Å². The van der Waals surface area contributed by atoms with Crippen LogP contribution in [0.1, 0.15) is 30.5 Å². The van der Waals surface area contributed by atoms with E-state index < -0.39 is 0 Å². The Hall–Kier alpha value is -1.35. The van der Waals surface area contributed by atoms with Gasteiger partial charge in [0.1, 0.15) is 6.04 Å². The molecule has 1 unspecified atom stereocenters. The number of hydrogen-bond donors (Lipinski definition) is 1. The normalized spacial score (nSPS) is 12.2. The van der Waals surface area contributed by atoms with E-state index in [9.17, 15) is 4.79 Å². The first-order valence-electron chi connectivity index (χ1n) is 6.01. The molecule has 1 atom stereocenters. The van der Waals surface area contributed by atoms with Gasteiger partial charge in [-0.25, -0.2) is 0 Å². The van der Waals surface area contributed by atoms with Crippen LogP contribution in [0, 0.1) is 13.8 Å². The number of carbonyl (C=O) groups excluding carboxylic acids is 1. The van der Waals surface area contributed by atoms with Gasteiger partial charge in [0.05, 0.1) is 6.61 Å². The first-order chi connectivity index (χ1) is 8.06. The van der Waals surface area contributed by atoms with Gasteiger partial charge in [0.25, 0.3) is 0 Å². The molecule has 0 spiro atoms. The number of benzene rings is 1. The molecule has 94 valence electrons. The molecule has 0 aliphatic rings. The molecule has 1 rings (SSSR count). The fourth-order valence-electron chi connectivity index (χ4n) is 1.73. The number of nitrogens with one attached hydrogen (secondary N) is 1. The predicted molar refractivity (Wildman–Crippen MR) is 68.9 cm³/mol. The lowest BCUT2D eigenvalue weighted by atomic mass is 10.0. The molecule has 1 aromatic rings. The van der Waals surface area contributed by atoms with Gasteiger partial charge in [-0.3, -0.25) is 4.79 Å². The number of aryl methyl sites for hydroxylation is 2. The minimum Gasteiger partial charge on any atom is -0.465 e. The Morgan fingerprint density at radius 1 is 1.35 bits per heavy atom. The number of rotatable bonds is 5. The summed E-state index contributed by atoms with van der Waals surface area (Å²) in [6.07, 6.45) is 0. The molecule has 0 heterocycles. The lowest BCUT2D eigenvalue weighted by Crippen LogP contribution is -2.35. The Balaban J connectivity index is 2.58. The summed E-state index contributed by atoms with van der Waals surface area (Å²) in [7, 11) is 0. The third-order valence-electron chi connectivity index (χ3n) is 2.87. The summed E-state index contributed by atoms with van der Waals surface area (Å²) in [5.74, 6) is -0.196. The molecule has 0 saturated carbocycles. The van der Waals surface area contributed by atoms with Crippen LogP contribution in [-0.2, 0) is 16.1 Å². The van der Waals surface area contributed by atoms with Crippen LogP contribution in [0.3, 0.4) is 0 Å². The molecule has 17 heavy (non-hydrogen) atoms. The summed E-state index contributed by atoms with van der Waals surface area (Å²) in [5, 5.41) is 3.19. The number of ether oxygens (including phenoxy) is 1. The average Bonchev–Trinajstić information content (AvgIpc) is 2.28. The van der Waals surface area contributed by atoms with E-state index in [0.29, 0.717) is 13.2 Å². The Labute approximate surface area is 103 Å². The van der Waals surface area contributed by atoms with Gasteiger partial charge in [-0.2, -0.15) is 0 Å². The van der Waals surface area contributed by atoms with Crippen LogP contribution in [0.5, 0.6) is 0 Å². The zero-order valence-corrected chi connectivity index (χ0v) is 11.0. The van der Waals surface area contributed by atoms with E-state index in [0.717, 1.165) is 0 Å². The van der Waals surface area contributed by atoms with E-state index in [4.69, 9.17) is 4.74 Å². The molecule has 0 aliphatic heterocycles. The first-order valence-corrected chi connectivity index (χ1v) is 6.01. The summed E-state index contributed by atoms with van der Waals surface area (Å²) in [6.45, 7) is 8.92. The molecule has 0 saturated heterocycles. The van der Waals surface area contributed by atoms with Crippen molar-refractivity contribution in [3.05, 3.63) is 34.9 Å². The predicted octanol–water partition coefficient (Wildman–Crippen LogP) is 2.34. The van der Waals surface area contributed by atoms with Crippen molar-refractivity contribution < 1.29 is 9.53 Å². The van der Waals surface area contributed by atoms with Crippen LogP contribution in [0.2, 0.25) is 0 Å². The summed E-state index contributed by atoms with van der Waals surface area (Å²) >= 11 is 0. The molecule has 0 amide bonds. The van der Waals surface area contributed by atoms with E-state index in [-0.39, 0.29) is 12.0 Å². The minimum absolute atomic E-state index is 0.196. The SMILES string of the molecule is CCOC(=O)C(C)NCc1c(C)cccc1C. The Morgan fingerprint density at radius 3 is 2.47 bits per heavy atom. The largest absolute Gasteiger partial charge is 0.465 e. The lowest BCUT2D eigenvalue weighted by molar-refractivity contribution is -0.145. The second-order valence-electron chi connectivity index (χ2n) is 4.22. The van der Waals surface area contributed by atoms with Crippen molar-refractivity contribution in [2.75, 3.05) is 6.61 Å². The number of carbonyl (C=O) groups is 1. The number of hydrogen-bond acceptors (Lipinski definition) is 3. The molecule has 0 aliphatic carbocycles. The molecule has 0 aromatic heterocycles. The quantitative estimate of drug-likeness (QED) is 0.796. The average molecular weight is 235 g/mol. The highest BCUT2D eigenvalue weighted by Crippen LogP contribution is 2.12. The summed E-state index contributed by atoms with van der Waals surface area (Å²) < 4.78 is 4.95. The van der Waals surface area contributed by atoms with Gasteiger partial charge in [0.2, 0.25) is 0 Å². The maximum Gasteiger partial charge on any atom is 0.322 e. The fourth-order valence-corrected chi connectivity index (χ4v) is 1.73. The highest BCUT2D eigenvalue weighted by molar-refractivity contribution is 5.75. The van der Waals surface area contributed by atoms with E-state index in [1.165, 1.54) is 16.7 Å². The molecule has 1 N–H and O–H groups in total. The Kier molecular flexibility index (Phi) is 5.16. The Morgan fingerprint density at radius 2 is 1.94 bits per heavy atom. The number of esters is 1. The molecule has 3 heteroatoms. The molecular formula is C14H21NO2. The van der Waals surface area contributed by atoms with Gasteiger partial charge in [0.15, 0.2) is 0 Å². The lowest BCUT2D eigenvalue weighted by Gasteiger charge is -2.15. The molecule has 0 fully saturated rings. The van der Waals surface area contributed by atoms with Crippen LogP contribution >= 0.6 is 0 Å². The summed E-state index contributed by atoms with van der Waals surface area (Å²) in [5.41, 5.74) is 3.74. The van der Waals surface area contributed by atoms with Crippen LogP contribution in [-0.4, -0.2) is 18.6 Å². The van der Waals surface area contributed by atoms with Crippen molar-refractivity contribution >= 4 is 5.97 Å². The van der Waals surface area contributed by atoms with Crippen molar-refractivity contribution in [3.8, 4) is 0 Å². The highest BCUT2D eigenvalue weighted by atomic mass is 16.5. The molecule has 0 radical (unpaired) electrons. The molecular weight excluding hydrogens is 214 g/mol. The van der Waals surface area contributed by atoms with Crippen LogP contribution in [0.15, 0.2) is 18.2 Å². The Bertz CT molecular complexity index is 368. The van der Waals surface area contributed by atoms with E-state index in [2.05, 4.69) is 31.3 Å². The fraction of sp³-hybridized carbons (Fsp3) is 0.500. The van der Waals surface area contributed by atoms with E-state index >= 15 is 0 Å². The van der Waals surface area contributed by atoms with Crippen LogP contribution < -0.4 is 5.32 Å². The van der Waals surface area contributed by atoms with Gasteiger partial charge < -0.3 is 10.1 Å². The zero-order valence-electron chi connectivity index (χ0n) is 11.0. The van der Waals surface area contributed by atoms with Crippen molar-refractivity contribution in [3.63, 3.8) is 0 Å². The van der Waals surface area contributed by atoms with Gasteiger partial charge >= 0.3 is 5.97 Å². The van der Waals surface area contributed by atoms with Crippen molar-refractivity contribution in [1.29, 1.82) is 0 Å². The van der Waals surface area contributed by atoms with Crippen LogP contribution in [0.25, 0.3) is 0 Å². The minimum atomic E-state index is -0.269. The third-order valence-corrected chi connectivity index (χ3v) is 2.87. The monoisotopic (exact) mass is 235 g/mol. The first kappa shape index (κ1) is 13.7. The van der Waals surface area contributed by atoms with Gasteiger partial charge in [-0.15, -0.1) is 0 Å². The maximum atomic E-state index is 11.4. The summed E-state index contributed by atoms with van der Waals surface area (Å²) in [4.78, 5) is 11.4. The van der Waals surface area contributed by atoms with Gasteiger partial charge in [-0.1, -0.05) is 18.2 Å². The van der Waals surface area contributed by atoms with Gasteiger partial charge in [0, 0.05) is 6.54 Å². The smallest absolute Gasteiger partial charge is 0.322 e. The molecule has 1 aromatic carbocycles.